The molecule has 2 unspecified atom stereocenters. The zero-order chi connectivity index (χ0) is 13.1. The number of rotatable bonds is 4. The molecule has 4 nitrogen and oxygen atoms in total. The van der Waals surface area contributed by atoms with E-state index in [9.17, 15) is 0 Å². The first kappa shape index (κ1) is 13.5. The minimum Gasteiger partial charge on any atom is -0.484 e. The fraction of sp³-hybridized carbons (Fsp3) is 0.769. The van der Waals surface area contributed by atoms with E-state index in [2.05, 4.69) is 16.6 Å². The molecule has 18 heavy (non-hydrogen) atoms. The van der Waals surface area contributed by atoms with Crippen molar-refractivity contribution < 1.29 is 4.74 Å². The van der Waals surface area contributed by atoms with Gasteiger partial charge in [-0.3, -0.25) is 0 Å². The van der Waals surface area contributed by atoms with E-state index in [1.165, 1.54) is 37.2 Å². The molecule has 2 rings (SSSR count). The Morgan fingerprint density at radius 1 is 1.39 bits per heavy atom. The summed E-state index contributed by atoms with van der Waals surface area (Å²) in [5, 5.41) is 4.56. The van der Waals surface area contributed by atoms with Gasteiger partial charge in [-0.2, -0.15) is 4.37 Å². The first-order valence-corrected chi connectivity index (χ1v) is 7.53. The number of hydrogen-bond donors (Lipinski definition) is 2. The lowest BCUT2D eigenvalue weighted by molar-refractivity contribution is 0.245. The summed E-state index contributed by atoms with van der Waals surface area (Å²) >= 11 is 1.40. The molecule has 102 valence electrons. The van der Waals surface area contributed by atoms with Crippen LogP contribution in [0.1, 0.15) is 46.5 Å². The van der Waals surface area contributed by atoms with Crippen LogP contribution < -0.4 is 15.8 Å². The van der Waals surface area contributed by atoms with Gasteiger partial charge < -0.3 is 15.8 Å². The number of nitrogens with zero attached hydrogens (tertiary/aromatic N) is 1. The van der Waals surface area contributed by atoms with E-state index >= 15 is 0 Å². The number of nitrogen functional groups attached to an aromatic ring is 1. The predicted octanol–water partition coefficient (Wildman–Crippen LogP) is 3.50. The fourth-order valence-corrected chi connectivity index (χ4v) is 3.15. The van der Waals surface area contributed by atoms with Crippen LogP contribution in [0, 0.1) is 5.92 Å². The highest BCUT2D eigenvalue weighted by Gasteiger charge is 2.24. The average Bonchev–Trinajstić information content (AvgIpc) is 2.64. The van der Waals surface area contributed by atoms with Gasteiger partial charge in [0.25, 0.3) is 0 Å². The molecule has 0 aliphatic heterocycles. The van der Waals surface area contributed by atoms with Gasteiger partial charge in [0, 0.05) is 6.04 Å². The molecule has 1 aliphatic rings. The van der Waals surface area contributed by atoms with Gasteiger partial charge in [0.1, 0.15) is 0 Å². The first-order chi connectivity index (χ1) is 8.58. The van der Waals surface area contributed by atoms with Gasteiger partial charge in [-0.25, -0.2) is 0 Å². The van der Waals surface area contributed by atoms with Crippen LogP contribution in [0.2, 0.25) is 0 Å². The summed E-state index contributed by atoms with van der Waals surface area (Å²) in [6, 6.07) is 0.521. The van der Waals surface area contributed by atoms with E-state index in [0.29, 0.717) is 17.8 Å². The number of nitrogens with one attached hydrogen (secondary N) is 1. The molecule has 1 heterocycles. The highest BCUT2D eigenvalue weighted by Crippen LogP contribution is 2.38. The second-order valence-corrected chi connectivity index (χ2v) is 6.18. The lowest BCUT2D eigenvalue weighted by atomic mass is 9.86. The van der Waals surface area contributed by atoms with Crippen molar-refractivity contribution in [2.75, 3.05) is 11.1 Å². The summed E-state index contributed by atoms with van der Waals surface area (Å²) < 4.78 is 9.95. The van der Waals surface area contributed by atoms with Crippen LogP contribution in [-0.4, -0.2) is 16.5 Å². The third kappa shape index (κ3) is 3.07. The summed E-state index contributed by atoms with van der Waals surface area (Å²) in [7, 11) is 0. The van der Waals surface area contributed by atoms with Crippen LogP contribution in [0.4, 0.5) is 10.8 Å². The fourth-order valence-electron chi connectivity index (χ4n) is 2.43. The molecule has 0 spiro atoms. The van der Waals surface area contributed by atoms with Crippen LogP contribution in [0.25, 0.3) is 0 Å². The number of nitrogens with two attached hydrogens (primary N) is 1. The molecule has 0 aromatic carbocycles. The molecular weight excluding hydrogens is 246 g/mol. The molecule has 0 bridgehead atoms. The van der Waals surface area contributed by atoms with Crippen molar-refractivity contribution in [1.82, 2.24) is 4.37 Å². The predicted molar refractivity (Wildman–Crippen MR) is 77.3 cm³/mol. The van der Waals surface area contributed by atoms with Gasteiger partial charge in [0.05, 0.1) is 6.10 Å². The monoisotopic (exact) mass is 269 g/mol. The molecule has 3 N–H and O–H groups in total. The van der Waals surface area contributed by atoms with Crippen molar-refractivity contribution in [3.8, 4) is 5.75 Å². The van der Waals surface area contributed by atoms with Crippen molar-refractivity contribution in [2.45, 2.75) is 58.6 Å². The van der Waals surface area contributed by atoms with E-state index in [4.69, 9.17) is 10.5 Å². The maximum absolute atomic E-state index is 5.86. The standard InChI is InChI=1S/C13H23N3OS/c1-8(2)17-11-12(14)16-18-13(11)15-10-7-5-4-6-9(10)3/h8-10,15H,4-7H2,1-3H3,(H2,14,16). The molecule has 2 atom stereocenters. The highest BCUT2D eigenvalue weighted by molar-refractivity contribution is 7.11. The Morgan fingerprint density at radius 2 is 2.11 bits per heavy atom. The Kier molecular flexibility index (Phi) is 4.32. The molecular formula is C13H23N3OS. The van der Waals surface area contributed by atoms with Crippen LogP contribution in [0.5, 0.6) is 5.75 Å². The van der Waals surface area contributed by atoms with E-state index in [1.807, 2.05) is 13.8 Å². The third-order valence-corrected chi connectivity index (χ3v) is 4.23. The van der Waals surface area contributed by atoms with Gasteiger partial charge in [-0.15, -0.1) is 0 Å². The number of hydrogen-bond acceptors (Lipinski definition) is 5. The molecule has 1 aliphatic carbocycles. The zero-order valence-electron chi connectivity index (χ0n) is 11.4. The minimum absolute atomic E-state index is 0.119. The summed E-state index contributed by atoms with van der Waals surface area (Å²) in [5.41, 5.74) is 5.86. The number of aromatic nitrogens is 1. The molecule has 0 saturated heterocycles. The number of anilines is 2. The topological polar surface area (TPSA) is 60.2 Å². The van der Waals surface area contributed by atoms with Crippen LogP contribution >= 0.6 is 11.5 Å². The van der Waals surface area contributed by atoms with Crippen LogP contribution in [0.15, 0.2) is 0 Å². The largest absolute Gasteiger partial charge is 0.484 e. The van der Waals surface area contributed by atoms with Crippen molar-refractivity contribution in [1.29, 1.82) is 0 Å². The second-order valence-electron chi connectivity index (χ2n) is 5.41. The van der Waals surface area contributed by atoms with E-state index in [0.717, 1.165) is 10.8 Å². The van der Waals surface area contributed by atoms with Gasteiger partial charge >= 0.3 is 0 Å². The Morgan fingerprint density at radius 3 is 2.78 bits per heavy atom. The third-order valence-electron chi connectivity index (χ3n) is 3.46. The lowest BCUT2D eigenvalue weighted by Gasteiger charge is -2.30. The molecule has 1 aromatic rings. The summed E-state index contributed by atoms with van der Waals surface area (Å²) in [5.74, 6) is 1.93. The Labute approximate surface area is 113 Å². The van der Waals surface area contributed by atoms with Crippen LogP contribution in [0.3, 0.4) is 0 Å². The Balaban J connectivity index is 2.08. The summed E-state index contributed by atoms with van der Waals surface area (Å²) in [6.07, 6.45) is 5.29. The lowest BCUT2D eigenvalue weighted by Crippen LogP contribution is -2.30. The zero-order valence-corrected chi connectivity index (χ0v) is 12.2. The van der Waals surface area contributed by atoms with Crippen LogP contribution in [-0.2, 0) is 0 Å². The molecule has 1 aromatic heterocycles. The maximum Gasteiger partial charge on any atom is 0.197 e. The summed E-state index contributed by atoms with van der Waals surface area (Å²) in [6.45, 7) is 6.32. The molecule has 0 radical (unpaired) electrons. The van der Waals surface area contributed by atoms with Gasteiger partial charge in [0.2, 0.25) is 0 Å². The molecule has 1 fully saturated rings. The van der Waals surface area contributed by atoms with E-state index in [1.54, 1.807) is 0 Å². The highest BCUT2D eigenvalue weighted by atomic mass is 32.1. The van der Waals surface area contributed by atoms with Crippen molar-refractivity contribution >= 4 is 22.4 Å². The quantitative estimate of drug-likeness (QED) is 0.878. The van der Waals surface area contributed by atoms with Crippen molar-refractivity contribution in [2.24, 2.45) is 5.92 Å². The SMILES string of the molecule is CC(C)Oc1c(N)nsc1NC1CCCCC1C. The average molecular weight is 269 g/mol. The van der Waals surface area contributed by atoms with Gasteiger partial charge in [-0.05, 0) is 44.1 Å². The molecule has 0 amide bonds. The van der Waals surface area contributed by atoms with Crippen molar-refractivity contribution in [3.05, 3.63) is 0 Å². The van der Waals surface area contributed by atoms with Gasteiger partial charge in [-0.1, -0.05) is 19.8 Å². The first-order valence-electron chi connectivity index (χ1n) is 6.76. The second kappa shape index (κ2) is 5.78. The van der Waals surface area contributed by atoms with Crippen molar-refractivity contribution in [3.63, 3.8) is 0 Å². The van der Waals surface area contributed by atoms with E-state index < -0.39 is 0 Å². The molecule has 1 saturated carbocycles. The minimum atomic E-state index is 0.119. The van der Waals surface area contributed by atoms with E-state index in [-0.39, 0.29) is 6.10 Å². The normalized spacial score (nSPS) is 24.2. The number of ether oxygens (including phenoxy) is 1. The van der Waals surface area contributed by atoms with Gasteiger partial charge in [0.15, 0.2) is 16.6 Å². The Bertz CT molecular complexity index is 392. The Hall–Kier alpha value is -0.970. The smallest absolute Gasteiger partial charge is 0.197 e. The molecule has 5 heteroatoms. The maximum atomic E-state index is 5.86. The summed E-state index contributed by atoms with van der Waals surface area (Å²) in [4.78, 5) is 0.